The van der Waals surface area contributed by atoms with Crippen LogP contribution in [0.15, 0.2) is 35.5 Å². The van der Waals surface area contributed by atoms with Crippen LogP contribution in [0.5, 0.6) is 11.5 Å². The molecule has 0 saturated carbocycles. The summed E-state index contributed by atoms with van der Waals surface area (Å²) in [4.78, 5) is 4.70. The van der Waals surface area contributed by atoms with Crippen molar-refractivity contribution in [3.63, 3.8) is 0 Å². The Morgan fingerprint density at radius 1 is 1.17 bits per heavy atom. The highest BCUT2D eigenvalue weighted by atomic mass is 16.5. The lowest BCUT2D eigenvalue weighted by molar-refractivity contribution is 0.0699. The molecule has 164 valence electrons. The minimum absolute atomic E-state index is 0.515. The maximum atomic E-state index is 5.79. The van der Waals surface area contributed by atoms with Crippen molar-refractivity contribution in [3.8, 4) is 11.5 Å². The third-order valence-corrected chi connectivity index (χ3v) is 4.52. The first-order valence-electron chi connectivity index (χ1n) is 10.2. The summed E-state index contributed by atoms with van der Waals surface area (Å²) >= 11 is 0. The average Bonchev–Trinajstić information content (AvgIpc) is 3.02. The fraction of sp³-hybridized carbons (Fsp3) is 0.524. The van der Waals surface area contributed by atoms with Crippen LogP contribution in [-0.2, 0) is 23.1 Å². The van der Waals surface area contributed by atoms with E-state index >= 15 is 0 Å². The van der Waals surface area contributed by atoms with Crippen LogP contribution in [0.4, 0.5) is 5.69 Å². The maximum Gasteiger partial charge on any atom is 0.196 e. The topological polar surface area (TPSA) is 91.2 Å². The molecule has 1 aliphatic rings. The van der Waals surface area contributed by atoms with Crippen molar-refractivity contribution in [2.75, 3.05) is 52.0 Å². The van der Waals surface area contributed by atoms with Gasteiger partial charge in [0.1, 0.15) is 0 Å². The third kappa shape index (κ3) is 6.93. The molecule has 0 saturated heterocycles. The summed E-state index contributed by atoms with van der Waals surface area (Å²) in [5, 5.41) is 10.9. The number of aromatic nitrogens is 2. The largest absolute Gasteiger partial charge is 0.490 e. The predicted molar refractivity (Wildman–Crippen MR) is 115 cm³/mol. The summed E-state index contributed by atoms with van der Waals surface area (Å²) in [5.74, 6) is 2.20. The van der Waals surface area contributed by atoms with Gasteiger partial charge in [-0.15, -0.1) is 0 Å². The molecule has 0 radical (unpaired) electrons. The van der Waals surface area contributed by atoms with Gasteiger partial charge in [0.05, 0.1) is 38.7 Å². The van der Waals surface area contributed by atoms with E-state index in [1.165, 1.54) is 0 Å². The molecule has 0 bridgehead atoms. The first kappa shape index (κ1) is 21.9. The Kier molecular flexibility index (Phi) is 8.80. The second-order valence-corrected chi connectivity index (χ2v) is 6.83. The van der Waals surface area contributed by atoms with Gasteiger partial charge in [0.2, 0.25) is 0 Å². The molecule has 0 amide bonds. The Morgan fingerprint density at radius 3 is 2.83 bits per heavy atom. The molecule has 0 atom stereocenters. The number of methoxy groups -OCH3 is 1. The molecule has 30 heavy (non-hydrogen) atoms. The van der Waals surface area contributed by atoms with E-state index in [1.807, 2.05) is 36.0 Å². The summed E-state index contributed by atoms with van der Waals surface area (Å²) < 4.78 is 23.8. The fourth-order valence-electron chi connectivity index (χ4n) is 2.86. The smallest absolute Gasteiger partial charge is 0.196 e. The molecule has 0 aliphatic carbocycles. The number of aliphatic imine (C=N–C) groups is 1. The average molecular weight is 418 g/mol. The van der Waals surface area contributed by atoms with Gasteiger partial charge in [0, 0.05) is 51.7 Å². The standard InChI is InChI=1S/C21H31N5O4/c1-26-18(7-9-24-26)16-23-21(22-8-3-10-28-14-13-27-2)25-17-5-6-19-20(15-17)30-12-4-11-29-19/h5-7,9,15H,3-4,8,10-14,16H2,1-2H3,(H2,22,23,25). The van der Waals surface area contributed by atoms with Crippen LogP contribution in [0, 0.1) is 0 Å². The van der Waals surface area contributed by atoms with Gasteiger partial charge in [-0.05, 0) is 24.6 Å². The van der Waals surface area contributed by atoms with Crippen LogP contribution in [-0.4, -0.2) is 62.4 Å². The third-order valence-electron chi connectivity index (χ3n) is 4.52. The van der Waals surface area contributed by atoms with Crippen molar-refractivity contribution in [1.29, 1.82) is 0 Å². The van der Waals surface area contributed by atoms with Gasteiger partial charge in [0.25, 0.3) is 0 Å². The molecule has 0 unspecified atom stereocenters. The van der Waals surface area contributed by atoms with Gasteiger partial charge in [-0.25, -0.2) is 4.99 Å². The van der Waals surface area contributed by atoms with Crippen LogP contribution in [0.25, 0.3) is 0 Å². The summed E-state index contributed by atoms with van der Waals surface area (Å²) in [5.41, 5.74) is 1.91. The molecular weight excluding hydrogens is 386 g/mol. The zero-order valence-corrected chi connectivity index (χ0v) is 17.7. The minimum atomic E-state index is 0.515. The van der Waals surface area contributed by atoms with Crippen LogP contribution < -0.4 is 20.1 Å². The lowest BCUT2D eigenvalue weighted by Crippen LogP contribution is -2.32. The highest BCUT2D eigenvalue weighted by molar-refractivity contribution is 5.93. The van der Waals surface area contributed by atoms with Crippen LogP contribution in [0.2, 0.25) is 0 Å². The number of nitrogens with one attached hydrogen (secondary N) is 2. The lowest BCUT2D eigenvalue weighted by Gasteiger charge is -2.15. The Labute approximate surface area is 177 Å². The Bertz CT molecular complexity index is 808. The molecule has 3 rings (SSSR count). The van der Waals surface area contributed by atoms with E-state index in [4.69, 9.17) is 23.9 Å². The Hall–Kier alpha value is -2.78. The predicted octanol–water partition coefficient (Wildman–Crippen LogP) is 2.19. The second-order valence-electron chi connectivity index (χ2n) is 6.83. The molecule has 1 aromatic carbocycles. The van der Waals surface area contributed by atoms with E-state index in [0.29, 0.717) is 45.5 Å². The summed E-state index contributed by atoms with van der Waals surface area (Å²) in [7, 11) is 3.58. The number of hydrogen-bond acceptors (Lipinski definition) is 6. The number of guanidine groups is 1. The van der Waals surface area contributed by atoms with Gasteiger partial charge >= 0.3 is 0 Å². The van der Waals surface area contributed by atoms with E-state index in [2.05, 4.69) is 15.7 Å². The highest BCUT2D eigenvalue weighted by Gasteiger charge is 2.11. The van der Waals surface area contributed by atoms with Crippen LogP contribution in [0.3, 0.4) is 0 Å². The molecule has 0 fully saturated rings. The Morgan fingerprint density at radius 2 is 2.03 bits per heavy atom. The van der Waals surface area contributed by atoms with E-state index in [-0.39, 0.29) is 0 Å². The minimum Gasteiger partial charge on any atom is -0.490 e. The number of anilines is 1. The first-order valence-corrected chi connectivity index (χ1v) is 10.2. The summed E-state index contributed by atoms with van der Waals surface area (Å²) in [6.45, 7) is 4.44. The molecule has 9 nitrogen and oxygen atoms in total. The SMILES string of the molecule is COCCOCCCNC(=NCc1ccnn1C)Nc1ccc2c(c1)OCCCO2. The molecule has 1 aliphatic heterocycles. The summed E-state index contributed by atoms with van der Waals surface area (Å²) in [6, 6.07) is 7.78. The van der Waals surface area contributed by atoms with Crippen molar-refractivity contribution in [2.45, 2.75) is 19.4 Å². The molecule has 0 spiro atoms. The molecule has 2 aromatic rings. The van der Waals surface area contributed by atoms with Crippen molar-refractivity contribution in [3.05, 3.63) is 36.2 Å². The number of nitrogens with zero attached hydrogens (tertiary/aromatic N) is 3. The first-order chi connectivity index (χ1) is 14.8. The molecule has 2 N–H and O–H groups in total. The number of fused-ring (bicyclic) bond motifs is 1. The number of rotatable bonds is 10. The molecule has 2 heterocycles. The number of benzene rings is 1. The summed E-state index contributed by atoms with van der Waals surface area (Å²) in [6.07, 6.45) is 3.51. The number of hydrogen-bond donors (Lipinski definition) is 2. The molecular formula is C21H31N5O4. The van der Waals surface area contributed by atoms with Crippen LogP contribution >= 0.6 is 0 Å². The van der Waals surface area contributed by atoms with Crippen molar-refractivity contribution < 1.29 is 18.9 Å². The quantitative estimate of drug-likeness (QED) is 0.348. The second kappa shape index (κ2) is 12.0. The van der Waals surface area contributed by atoms with Gasteiger partial charge in [-0.1, -0.05) is 0 Å². The van der Waals surface area contributed by atoms with Gasteiger partial charge in [-0.3, -0.25) is 4.68 Å². The van der Waals surface area contributed by atoms with E-state index < -0.39 is 0 Å². The van der Waals surface area contributed by atoms with E-state index in [1.54, 1.807) is 13.3 Å². The van der Waals surface area contributed by atoms with Crippen molar-refractivity contribution >= 4 is 11.6 Å². The van der Waals surface area contributed by atoms with Crippen LogP contribution in [0.1, 0.15) is 18.5 Å². The normalized spacial score (nSPS) is 13.7. The molecule has 9 heteroatoms. The highest BCUT2D eigenvalue weighted by Crippen LogP contribution is 2.32. The molecule has 1 aromatic heterocycles. The van der Waals surface area contributed by atoms with E-state index in [9.17, 15) is 0 Å². The van der Waals surface area contributed by atoms with Gasteiger partial charge < -0.3 is 29.6 Å². The maximum absolute atomic E-state index is 5.79. The van der Waals surface area contributed by atoms with Gasteiger partial charge in [0.15, 0.2) is 17.5 Å². The zero-order valence-electron chi connectivity index (χ0n) is 17.7. The zero-order chi connectivity index (χ0) is 21.0. The number of ether oxygens (including phenoxy) is 4. The van der Waals surface area contributed by atoms with E-state index in [0.717, 1.165) is 42.3 Å². The monoisotopic (exact) mass is 417 g/mol. The number of aryl methyl sites for hydroxylation is 1. The lowest BCUT2D eigenvalue weighted by atomic mass is 10.2. The van der Waals surface area contributed by atoms with Crippen molar-refractivity contribution in [2.24, 2.45) is 12.0 Å². The van der Waals surface area contributed by atoms with Gasteiger partial charge in [-0.2, -0.15) is 5.10 Å². The Balaban J connectivity index is 1.60. The fourth-order valence-corrected chi connectivity index (χ4v) is 2.86. The van der Waals surface area contributed by atoms with Crippen molar-refractivity contribution in [1.82, 2.24) is 15.1 Å².